The van der Waals surface area contributed by atoms with Gasteiger partial charge in [-0.1, -0.05) is 30.3 Å². The number of nitrogens with zero attached hydrogens (tertiary/aromatic N) is 1. The van der Waals surface area contributed by atoms with Gasteiger partial charge in [-0.05, 0) is 24.6 Å². The fourth-order valence-electron chi connectivity index (χ4n) is 2.16. The largest absolute Gasteiger partial charge is 0.445 e. The SMILES string of the molecule is C=CCOC(=O)N1CC[C@@H](NC(=O)c2cccc(Cl)c2)C1. The molecule has 0 bridgehead atoms. The van der Waals surface area contributed by atoms with Crippen molar-refractivity contribution in [1.29, 1.82) is 0 Å². The highest BCUT2D eigenvalue weighted by Gasteiger charge is 2.28. The van der Waals surface area contributed by atoms with E-state index in [-0.39, 0.29) is 24.6 Å². The van der Waals surface area contributed by atoms with Crippen molar-refractivity contribution >= 4 is 23.6 Å². The van der Waals surface area contributed by atoms with Gasteiger partial charge >= 0.3 is 6.09 Å². The molecule has 21 heavy (non-hydrogen) atoms. The standard InChI is InChI=1S/C15H17ClN2O3/c1-2-8-21-15(20)18-7-6-13(10-18)17-14(19)11-4-3-5-12(16)9-11/h2-5,9,13H,1,6-8,10H2,(H,17,19)/t13-/m1/s1. The van der Waals surface area contributed by atoms with Crippen molar-refractivity contribution in [2.45, 2.75) is 12.5 Å². The summed E-state index contributed by atoms with van der Waals surface area (Å²) in [4.78, 5) is 25.3. The molecule has 0 aliphatic carbocycles. The molecule has 6 heteroatoms. The van der Waals surface area contributed by atoms with Crippen LogP contribution < -0.4 is 5.32 Å². The molecular formula is C15H17ClN2O3. The number of amides is 2. The lowest BCUT2D eigenvalue weighted by Crippen LogP contribution is -2.38. The Morgan fingerprint density at radius 1 is 1.52 bits per heavy atom. The van der Waals surface area contributed by atoms with Gasteiger partial charge in [0, 0.05) is 29.7 Å². The Hall–Kier alpha value is -2.01. The van der Waals surface area contributed by atoms with Crippen LogP contribution >= 0.6 is 11.6 Å². The van der Waals surface area contributed by atoms with Crippen LogP contribution in [0.4, 0.5) is 4.79 Å². The summed E-state index contributed by atoms with van der Waals surface area (Å²) in [6.07, 6.45) is 1.84. The molecule has 1 heterocycles. The molecule has 1 saturated heterocycles. The molecule has 0 radical (unpaired) electrons. The molecule has 1 aliphatic heterocycles. The van der Waals surface area contributed by atoms with E-state index < -0.39 is 0 Å². The van der Waals surface area contributed by atoms with Crippen molar-refractivity contribution in [1.82, 2.24) is 10.2 Å². The van der Waals surface area contributed by atoms with Crippen molar-refractivity contribution in [2.75, 3.05) is 19.7 Å². The lowest BCUT2D eigenvalue weighted by atomic mass is 10.2. The fraction of sp³-hybridized carbons (Fsp3) is 0.333. The van der Waals surface area contributed by atoms with E-state index >= 15 is 0 Å². The molecule has 1 atom stereocenters. The minimum Gasteiger partial charge on any atom is -0.445 e. The smallest absolute Gasteiger partial charge is 0.410 e. The highest BCUT2D eigenvalue weighted by atomic mass is 35.5. The van der Waals surface area contributed by atoms with E-state index in [2.05, 4.69) is 11.9 Å². The van der Waals surface area contributed by atoms with Gasteiger partial charge in [-0.2, -0.15) is 0 Å². The summed E-state index contributed by atoms with van der Waals surface area (Å²) in [5, 5.41) is 3.41. The number of carbonyl (C=O) groups excluding carboxylic acids is 2. The molecule has 2 amide bonds. The van der Waals surface area contributed by atoms with Gasteiger partial charge in [0.05, 0.1) is 0 Å². The third-order valence-corrected chi connectivity index (χ3v) is 3.43. The number of benzene rings is 1. The quantitative estimate of drug-likeness (QED) is 0.869. The van der Waals surface area contributed by atoms with E-state index in [0.717, 1.165) is 0 Å². The van der Waals surface area contributed by atoms with Crippen LogP contribution in [0.3, 0.4) is 0 Å². The second-order valence-corrected chi connectivity index (χ2v) is 5.22. The highest BCUT2D eigenvalue weighted by Crippen LogP contribution is 2.14. The summed E-state index contributed by atoms with van der Waals surface area (Å²) >= 11 is 5.86. The maximum Gasteiger partial charge on any atom is 0.410 e. The molecular weight excluding hydrogens is 292 g/mol. The molecule has 0 unspecified atom stereocenters. The molecule has 0 spiro atoms. The van der Waals surface area contributed by atoms with Gasteiger partial charge in [0.25, 0.3) is 5.91 Å². The maximum absolute atomic E-state index is 12.1. The van der Waals surface area contributed by atoms with Gasteiger partial charge in [0.1, 0.15) is 6.61 Å². The Morgan fingerprint density at radius 2 is 2.33 bits per heavy atom. The van der Waals surface area contributed by atoms with Crippen LogP contribution in [-0.2, 0) is 4.74 Å². The Labute approximate surface area is 128 Å². The monoisotopic (exact) mass is 308 g/mol. The zero-order chi connectivity index (χ0) is 15.2. The van der Waals surface area contributed by atoms with E-state index in [1.807, 2.05) is 0 Å². The lowest BCUT2D eigenvalue weighted by Gasteiger charge is -2.16. The molecule has 0 saturated carbocycles. The number of nitrogens with one attached hydrogen (secondary N) is 1. The predicted molar refractivity (Wildman–Crippen MR) is 80.4 cm³/mol. The Balaban J connectivity index is 1.86. The van der Waals surface area contributed by atoms with Crippen molar-refractivity contribution in [3.8, 4) is 0 Å². The summed E-state index contributed by atoms with van der Waals surface area (Å²) in [6, 6.07) is 6.68. The van der Waals surface area contributed by atoms with E-state index in [4.69, 9.17) is 16.3 Å². The number of likely N-dealkylation sites (tertiary alicyclic amines) is 1. The first-order valence-electron chi connectivity index (χ1n) is 6.69. The average molecular weight is 309 g/mol. The number of rotatable bonds is 4. The third kappa shape index (κ3) is 4.23. The van der Waals surface area contributed by atoms with Gasteiger partial charge in [-0.3, -0.25) is 4.79 Å². The van der Waals surface area contributed by atoms with Gasteiger partial charge in [-0.25, -0.2) is 4.79 Å². The Bertz CT molecular complexity index is 547. The van der Waals surface area contributed by atoms with Crippen LogP contribution in [0.2, 0.25) is 5.02 Å². The van der Waals surface area contributed by atoms with Crippen molar-refractivity contribution in [2.24, 2.45) is 0 Å². The maximum atomic E-state index is 12.1. The molecule has 0 aromatic heterocycles. The number of hydrogen-bond donors (Lipinski definition) is 1. The molecule has 1 aliphatic rings. The minimum atomic E-state index is -0.380. The van der Waals surface area contributed by atoms with Gasteiger partial charge in [0.15, 0.2) is 0 Å². The summed E-state index contributed by atoms with van der Waals surface area (Å²) < 4.78 is 4.97. The van der Waals surface area contributed by atoms with Gasteiger partial charge < -0.3 is 15.0 Å². The normalized spacial score (nSPS) is 17.4. The number of carbonyl (C=O) groups is 2. The topological polar surface area (TPSA) is 58.6 Å². The molecule has 2 rings (SSSR count). The lowest BCUT2D eigenvalue weighted by molar-refractivity contribution is 0.0932. The molecule has 5 nitrogen and oxygen atoms in total. The first-order chi connectivity index (χ1) is 10.1. The molecule has 1 aromatic carbocycles. The van der Waals surface area contributed by atoms with Crippen molar-refractivity contribution in [3.63, 3.8) is 0 Å². The van der Waals surface area contributed by atoms with Crippen LogP contribution in [0.1, 0.15) is 16.8 Å². The third-order valence-electron chi connectivity index (χ3n) is 3.19. The summed E-state index contributed by atoms with van der Waals surface area (Å²) in [5.41, 5.74) is 0.509. The first-order valence-corrected chi connectivity index (χ1v) is 7.07. The van der Waals surface area contributed by atoms with Crippen LogP contribution in [0.15, 0.2) is 36.9 Å². The minimum absolute atomic E-state index is 0.0761. The number of hydrogen-bond acceptors (Lipinski definition) is 3. The van der Waals surface area contributed by atoms with Crippen LogP contribution in [0, 0.1) is 0 Å². The molecule has 1 N–H and O–H groups in total. The fourth-order valence-corrected chi connectivity index (χ4v) is 2.35. The van der Waals surface area contributed by atoms with Crippen LogP contribution in [-0.4, -0.2) is 42.6 Å². The highest BCUT2D eigenvalue weighted by molar-refractivity contribution is 6.30. The van der Waals surface area contributed by atoms with Crippen molar-refractivity contribution < 1.29 is 14.3 Å². The Morgan fingerprint density at radius 3 is 3.05 bits per heavy atom. The van der Waals surface area contributed by atoms with Gasteiger partial charge in [-0.15, -0.1) is 0 Å². The summed E-state index contributed by atoms with van der Waals surface area (Å²) in [7, 11) is 0. The van der Waals surface area contributed by atoms with Crippen LogP contribution in [0.5, 0.6) is 0 Å². The predicted octanol–water partition coefficient (Wildman–Crippen LogP) is 2.47. The first kappa shape index (κ1) is 15.4. The summed E-state index contributed by atoms with van der Waals surface area (Å²) in [5.74, 6) is -0.191. The number of halogens is 1. The second kappa shape index (κ2) is 7.13. The van der Waals surface area contributed by atoms with E-state index in [1.165, 1.54) is 6.08 Å². The Kier molecular flexibility index (Phi) is 5.22. The average Bonchev–Trinajstić information content (AvgIpc) is 2.93. The second-order valence-electron chi connectivity index (χ2n) is 4.78. The van der Waals surface area contributed by atoms with Crippen LogP contribution in [0.25, 0.3) is 0 Å². The number of ether oxygens (including phenoxy) is 1. The molecule has 1 aromatic rings. The summed E-state index contributed by atoms with van der Waals surface area (Å²) in [6.45, 7) is 4.69. The van der Waals surface area contributed by atoms with E-state index in [1.54, 1.807) is 29.2 Å². The molecule has 1 fully saturated rings. The zero-order valence-electron chi connectivity index (χ0n) is 11.5. The molecule has 112 valence electrons. The van der Waals surface area contributed by atoms with Gasteiger partial charge in [0.2, 0.25) is 0 Å². The zero-order valence-corrected chi connectivity index (χ0v) is 12.3. The van der Waals surface area contributed by atoms with E-state index in [9.17, 15) is 9.59 Å². The van der Waals surface area contributed by atoms with E-state index in [0.29, 0.717) is 30.1 Å². The van der Waals surface area contributed by atoms with Crippen molar-refractivity contribution in [3.05, 3.63) is 47.5 Å².